The molecule has 24 heavy (non-hydrogen) atoms. The Morgan fingerprint density at radius 1 is 1.17 bits per heavy atom. The number of halogens is 2. The van der Waals surface area contributed by atoms with Crippen molar-refractivity contribution in [2.45, 2.75) is 6.92 Å². The van der Waals surface area contributed by atoms with Crippen molar-refractivity contribution < 1.29 is 8.81 Å². The van der Waals surface area contributed by atoms with Crippen LogP contribution < -0.4 is 0 Å². The van der Waals surface area contributed by atoms with Gasteiger partial charge in [-0.15, -0.1) is 0 Å². The van der Waals surface area contributed by atoms with Crippen LogP contribution in [-0.2, 0) is 0 Å². The third kappa shape index (κ3) is 3.32. The number of aryl methyl sites for hydroxylation is 1. The smallest absolute Gasteiger partial charge is 0.135 e. The molecule has 0 saturated carbocycles. The molecule has 1 heterocycles. The van der Waals surface area contributed by atoms with E-state index in [4.69, 9.17) is 4.42 Å². The zero-order chi connectivity index (χ0) is 17.1. The highest BCUT2D eigenvalue weighted by Crippen LogP contribution is 2.31. The first-order chi connectivity index (χ1) is 11.6. The molecule has 0 N–H and O–H groups in total. The van der Waals surface area contributed by atoms with Crippen LogP contribution >= 0.6 is 15.9 Å². The summed E-state index contributed by atoms with van der Waals surface area (Å²) < 4.78 is 20.6. The van der Waals surface area contributed by atoms with E-state index in [1.165, 1.54) is 6.07 Å². The average Bonchev–Trinajstić information content (AvgIpc) is 3.01. The van der Waals surface area contributed by atoms with Gasteiger partial charge in [-0.3, -0.25) is 0 Å². The molecular formula is C20H13BrFNO. The number of nitrogens with zero attached hydrogens (tertiary/aromatic N) is 1. The Hall–Kier alpha value is -2.64. The molecule has 2 aromatic carbocycles. The third-order valence-corrected chi connectivity index (χ3v) is 4.24. The van der Waals surface area contributed by atoms with Gasteiger partial charge in [-0.05, 0) is 48.9 Å². The topological polar surface area (TPSA) is 36.9 Å². The molecule has 0 saturated heterocycles. The van der Waals surface area contributed by atoms with Crippen LogP contribution in [-0.4, -0.2) is 0 Å². The van der Waals surface area contributed by atoms with Crippen LogP contribution in [0, 0.1) is 24.1 Å². The minimum atomic E-state index is -0.432. The molecule has 0 aliphatic heterocycles. The van der Waals surface area contributed by atoms with E-state index in [1.54, 1.807) is 30.3 Å². The lowest BCUT2D eigenvalue weighted by Crippen LogP contribution is -1.86. The quantitative estimate of drug-likeness (QED) is 0.504. The highest BCUT2D eigenvalue weighted by molar-refractivity contribution is 9.10. The average molecular weight is 382 g/mol. The Balaban J connectivity index is 1.98. The van der Waals surface area contributed by atoms with E-state index in [9.17, 15) is 9.65 Å². The van der Waals surface area contributed by atoms with Crippen molar-refractivity contribution >= 4 is 27.6 Å². The summed E-state index contributed by atoms with van der Waals surface area (Å²) in [7, 11) is 0. The van der Waals surface area contributed by atoms with E-state index in [-0.39, 0.29) is 11.1 Å². The lowest BCUT2D eigenvalue weighted by atomic mass is 10.1. The molecular weight excluding hydrogens is 369 g/mol. The highest BCUT2D eigenvalue weighted by Gasteiger charge is 2.10. The molecule has 0 unspecified atom stereocenters. The predicted molar refractivity (Wildman–Crippen MR) is 96.5 cm³/mol. The van der Waals surface area contributed by atoms with E-state index >= 15 is 0 Å². The van der Waals surface area contributed by atoms with E-state index < -0.39 is 5.82 Å². The van der Waals surface area contributed by atoms with Crippen molar-refractivity contribution in [2.75, 3.05) is 0 Å². The van der Waals surface area contributed by atoms with Crippen LogP contribution in [0.4, 0.5) is 4.39 Å². The van der Waals surface area contributed by atoms with Crippen molar-refractivity contribution in [3.05, 3.63) is 81.8 Å². The Bertz CT molecular complexity index is 966. The molecule has 0 aliphatic carbocycles. The maximum absolute atomic E-state index is 13.9. The summed E-state index contributed by atoms with van der Waals surface area (Å²) in [5, 5.41) is 9.33. The molecule has 0 amide bonds. The summed E-state index contributed by atoms with van der Waals surface area (Å²) in [6.07, 6.45) is 1.55. The van der Waals surface area contributed by atoms with Crippen LogP contribution in [0.2, 0.25) is 0 Å². The first-order valence-corrected chi connectivity index (χ1v) is 8.11. The van der Waals surface area contributed by atoms with Gasteiger partial charge in [0.1, 0.15) is 17.3 Å². The lowest BCUT2D eigenvalue weighted by Gasteiger charge is -2.02. The van der Waals surface area contributed by atoms with E-state index in [2.05, 4.69) is 15.9 Å². The minimum Gasteiger partial charge on any atom is -0.457 e. The molecule has 118 valence electrons. The zero-order valence-corrected chi connectivity index (χ0v) is 14.5. The molecule has 0 radical (unpaired) electrons. The molecule has 3 aromatic rings. The number of nitriles is 1. The summed E-state index contributed by atoms with van der Waals surface area (Å²) in [5.74, 6) is 0.745. The van der Waals surface area contributed by atoms with Crippen LogP contribution in [0.1, 0.15) is 16.9 Å². The summed E-state index contributed by atoms with van der Waals surface area (Å²) in [6, 6.07) is 17.8. The first kappa shape index (κ1) is 16.2. The number of benzene rings is 2. The lowest BCUT2D eigenvalue weighted by molar-refractivity contribution is 0.571. The van der Waals surface area contributed by atoms with Gasteiger partial charge >= 0.3 is 0 Å². The maximum atomic E-state index is 13.9. The van der Waals surface area contributed by atoms with Gasteiger partial charge in [0.05, 0.1) is 11.6 Å². The van der Waals surface area contributed by atoms with Crippen molar-refractivity contribution in [2.24, 2.45) is 0 Å². The van der Waals surface area contributed by atoms with Crippen molar-refractivity contribution in [3.8, 4) is 17.4 Å². The second-order valence-electron chi connectivity index (χ2n) is 5.33. The Kier molecular flexibility index (Phi) is 4.64. The zero-order valence-electron chi connectivity index (χ0n) is 12.9. The van der Waals surface area contributed by atoms with Gasteiger partial charge in [0.15, 0.2) is 0 Å². The van der Waals surface area contributed by atoms with Crippen molar-refractivity contribution in [1.82, 2.24) is 0 Å². The molecule has 4 heteroatoms. The largest absolute Gasteiger partial charge is 0.457 e. The van der Waals surface area contributed by atoms with Gasteiger partial charge in [0.2, 0.25) is 0 Å². The standard InChI is InChI=1S/C20H13BrFNO/c1-13-6-8-17(18(21)10-13)20-9-7-15(24-20)11-14(12-23)16-4-2-3-5-19(16)22/h2-11H,1H3/b14-11+. The van der Waals surface area contributed by atoms with E-state index in [0.717, 1.165) is 15.6 Å². The van der Waals surface area contributed by atoms with Gasteiger partial charge in [-0.25, -0.2) is 4.39 Å². The molecule has 0 aliphatic rings. The SMILES string of the molecule is Cc1ccc(-c2ccc(/C=C(\C#N)c3ccccc3F)o2)c(Br)c1. The monoisotopic (exact) mass is 381 g/mol. The summed E-state index contributed by atoms with van der Waals surface area (Å²) in [4.78, 5) is 0. The number of hydrogen-bond acceptors (Lipinski definition) is 2. The van der Waals surface area contributed by atoms with Crippen LogP contribution in [0.15, 0.2) is 63.5 Å². The summed E-state index contributed by atoms with van der Waals surface area (Å²) in [6.45, 7) is 2.01. The third-order valence-electron chi connectivity index (χ3n) is 3.59. The van der Waals surface area contributed by atoms with Gasteiger partial charge < -0.3 is 4.42 Å². The molecule has 0 bridgehead atoms. The van der Waals surface area contributed by atoms with Crippen LogP contribution in [0.25, 0.3) is 23.0 Å². The molecule has 0 fully saturated rings. The van der Waals surface area contributed by atoms with Gasteiger partial charge in [0.25, 0.3) is 0 Å². The highest BCUT2D eigenvalue weighted by atomic mass is 79.9. The second-order valence-corrected chi connectivity index (χ2v) is 6.19. The number of hydrogen-bond donors (Lipinski definition) is 0. The number of rotatable bonds is 3. The predicted octanol–water partition coefficient (Wildman–Crippen LogP) is 6.22. The van der Waals surface area contributed by atoms with Gasteiger partial charge in [0, 0.05) is 15.6 Å². The normalized spacial score (nSPS) is 11.3. The first-order valence-electron chi connectivity index (χ1n) is 7.31. The second kappa shape index (κ2) is 6.86. The fourth-order valence-electron chi connectivity index (χ4n) is 2.39. The Morgan fingerprint density at radius 3 is 2.67 bits per heavy atom. The molecule has 3 rings (SSSR count). The van der Waals surface area contributed by atoms with Crippen molar-refractivity contribution in [3.63, 3.8) is 0 Å². The van der Waals surface area contributed by atoms with E-state index in [1.807, 2.05) is 37.3 Å². The van der Waals surface area contributed by atoms with Gasteiger partial charge in [-0.2, -0.15) is 5.26 Å². The number of allylic oxidation sites excluding steroid dienone is 1. The minimum absolute atomic E-state index is 0.219. The molecule has 1 aromatic heterocycles. The Morgan fingerprint density at radius 2 is 1.96 bits per heavy atom. The Labute approximate surface area is 148 Å². The maximum Gasteiger partial charge on any atom is 0.135 e. The van der Waals surface area contributed by atoms with Crippen molar-refractivity contribution in [1.29, 1.82) is 5.26 Å². The van der Waals surface area contributed by atoms with Crippen LogP contribution in [0.5, 0.6) is 0 Å². The molecule has 2 nitrogen and oxygen atoms in total. The number of furan rings is 1. The fourth-order valence-corrected chi connectivity index (χ4v) is 3.08. The molecule has 0 atom stereocenters. The van der Waals surface area contributed by atoms with Crippen LogP contribution in [0.3, 0.4) is 0 Å². The van der Waals surface area contributed by atoms with E-state index in [0.29, 0.717) is 11.5 Å². The summed E-state index contributed by atoms with van der Waals surface area (Å²) in [5.41, 5.74) is 2.54. The summed E-state index contributed by atoms with van der Waals surface area (Å²) >= 11 is 3.53. The fraction of sp³-hybridized carbons (Fsp3) is 0.0500. The van der Waals surface area contributed by atoms with Gasteiger partial charge in [-0.1, -0.05) is 40.2 Å². The molecule has 0 spiro atoms.